The number of hydrogen-bond donors (Lipinski definition) is 2. The fourth-order valence-corrected chi connectivity index (χ4v) is 2.77. The molecule has 0 saturated carbocycles. The zero-order valence-corrected chi connectivity index (χ0v) is 14.7. The Morgan fingerprint density at radius 3 is 2.41 bits per heavy atom. The molecule has 1 rings (SSSR count). The van der Waals surface area contributed by atoms with Gasteiger partial charge in [-0.1, -0.05) is 24.3 Å². The van der Waals surface area contributed by atoms with Gasteiger partial charge >= 0.3 is 0 Å². The molecule has 0 bridgehead atoms. The maximum Gasteiger partial charge on any atom is 0.136 e. The first-order valence-electron chi connectivity index (χ1n) is 7.34. The summed E-state index contributed by atoms with van der Waals surface area (Å²) in [5.41, 5.74) is 1.85. The van der Waals surface area contributed by atoms with Crippen molar-refractivity contribution in [3.05, 3.63) is 42.0 Å². The van der Waals surface area contributed by atoms with E-state index in [-0.39, 0.29) is 17.4 Å². The molecule has 4 nitrogen and oxygen atoms in total. The Hall–Kier alpha value is -1.01. The highest BCUT2D eigenvalue weighted by Crippen LogP contribution is 2.19. The van der Waals surface area contributed by atoms with Gasteiger partial charge in [0.25, 0.3) is 0 Å². The normalized spacial score (nSPS) is 14.5. The van der Waals surface area contributed by atoms with Crippen LogP contribution in [-0.2, 0) is 17.8 Å². The van der Waals surface area contributed by atoms with E-state index < -0.39 is 11.4 Å². The average Bonchev–Trinajstić information content (AvgIpc) is 2.46. The first-order chi connectivity index (χ1) is 10.3. The Kier molecular flexibility index (Phi) is 7.42. The summed E-state index contributed by atoms with van der Waals surface area (Å²) >= 11 is -1.16. The van der Waals surface area contributed by atoms with Gasteiger partial charge in [-0.05, 0) is 51.3 Å². The number of rotatable bonds is 8. The van der Waals surface area contributed by atoms with Crippen LogP contribution in [0.4, 0.5) is 0 Å². The molecule has 0 fully saturated rings. The van der Waals surface area contributed by atoms with Gasteiger partial charge in [0, 0.05) is 11.4 Å². The Morgan fingerprint density at radius 1 is 1.36 bits per heavy atom. The summed E-state index contributed by atoms with van der Waals surface area (Å²) in [6, 6.07) is 7.78. The van der Waals surface area contributed by atoms with Crippen LogP contribution in [0.15, 0.2) is 36.4 Å². The zero-order chi connectivity index (χ0) is 16.8. The number of hydrogen-bond acceptors (Lipinski definition) is 4. The Labute approximate surface area is 136 Å². The van der Waals surface area contributed by atoms with Crippen molar-refractivity contribution in [3.8, 4) is 5.75 Å². The number of benzene rings is 1. The van der Waals surface area contributed by atoms with Crippen LogP contribution < -0.4 is 9.46 Å². The predicted octanol–water partition coefficient (Wildman–Crippen LogP) is 2.60. The van der Waals surface area contributed by atoms with Crippen molar-refractivity contribution in [3.63, 3.8) is 0 Å². The molecule has 1 aromatic carbocycles. The first kappa shape index (κ1) is 19.0. The van der Waals surface area contributed by atoms with Gasteiger partial charge in [-0.15, -0.1) is 4.72 Å². The van der Waals surface area contributed by atoms with E-state index in [4.69, 9.17) is 4.74 Å². The molecule has 0 aromatic heterocycles. The van der Waals surface area contributed by atoms with E-state index in [2.05, 4.69) is 11.3 Å². The smallest absolute Gasteiger partial charge is 0.136 e. The summed E-state index contributed by atoms with van der Waals surface area (Å²) in [4.78, 5) is 0. The minimum Gasteiger partial charge on any atom is -0.598 e. The van der Waals surface area contributed by atoms with Crippen molar-refractivity contribution >= 4 is 11.4 Å². The monoisotopic (exact) mass is 325 g/mol. The lowest BCUT2D eigenvalue weighted by molar-refractivity contribution is 0.323. The summed E-state index contributed by atoms with van der Waals surface area (Å²) in [6.07, 6.45) is 1.30. The molecule has 0 saturated heterocycles. The van der Waals surface area contributed by atoms with E-state index in [1.54, 1.807) is 7.11 Å². The second-order valence-corrected chi connectivity index (χ2v) is 8.36. The highest BCUT2D eigenvalue weighted by molar-refractivity contribution is 7.90. The maximum absolute atomic E-state index is 12.3. The molecule has 2 atom stereocenters. The van der Waals surface area contributed by atoms with E-state index in [0.717, 1.165) is 16.9 Å². The van der Waals surface area contributed by atoms with Gasteiger partial charge < -0.3 is 14.4 Å². The lowest BCUT2D eigenvalue weighted by Crippen LogP contribution is -2.45. The number of aliphatic hydroxyl groups excluding tert-OH is 1. The van der Waals surface area contributed by atoms with Crippen molar-refractivity contribution in [2.24, 2.45) is 0 Å². The molecule has 0 aliphatic rings. The third kappa shape index (κ3) is 6.40. The van der Waals surface area contributed by atoms with Crippen molar-refractivity contribution in [2.45, 2.75) is 44.4 Å². The van der Waals surface area contributed by atoms with E-state index >= 15 is 0 Å². The minimum atomic E-state index is -1.16. The van der Waals surface area contributed by atoms with Gasteiger partial charge in [0.15, 0.2) is 0 Å². The second kappa shape index (κ2) is 8.58. The fraction of sp³-hybridized carbons (Fsp3) is 0.529. The molecule has 0 aliphatic heterocycles. The summed E-state index contributed by atoms with van der Waals surface area (Å²) < 4.78 is 20.3. The van der Waals surface area contributed by atoms with Crippen LogP contribution in [0.25, 0.3) is 0 Å². The molecule has 1 aromatic rings. The summed E-state index contributed by atoms with van der Waals surface area (Å²) in [5, 5.41) is 9.19. The lowest BCUT2D eigenvalue weighted by atomic mass is 10.0. The van der Waals surface area contributed by atoms with Crippen molar-refractivity contribution in [1.82, 2.24) is 4.72 Å². The molecular weight excluding hydrogens is 298 g/mol. The van der Waals surface area contributed by atoms with Gasteiger partial charge in [-0.3, -0.25) is 0 Å². The zero-order valence-electron chi connectivity index (χ0n) is 13.9. The van der Waals surface area contributed by atoms with Crippen LogP contribution in [0.5, 0.6) is 5.75 Å². The van der Waals surface area contributed by atoms with Gasteiger partial charge in [0.05, 0.1) is 19.8 Å². The number of methoxy groups -OCH3 is 1. The fourth-order valence-electron chi connectivity index (χ4n) is 1.94. The Morgan fingerprint density at radius 2 is 1.95 bits per heavy atom. The molecule has 5 heteroatoms. The standard InChI is InChI=1S/C17H27NO3S/c1-13(12-19)10-15(18-22(20)17(2,3)4)11-14-6-8-16(21-5)9-7-14/h6-9,15,18-19H,1,10-12H2,2-5H3. The quantitative estimate of drug-likeness (QED) is 0.569. The molecule has 124 valence electrons. The number of ether oxygens (including phenoxy) is 1. The number of nitrogens with one attached hydrogen (secondary N) is 1. The first-order valence-corrected chi connectivity index (χ1v) is 8.49. The summed E-state index contributed by atoms with van der Waals surface area (Å²) in [7, 11) is 1.64. The molecule has 0 amide bonds. The molecular formula is C17H27NO3S. The third-order valence-electron chi connectivity index (χ3n) is 3.23. The van der Waals surface area contributed by atoms with Crippen LogP contribution in [0.1, 0.15) is 32.8 Å². The van der Waals surface area contributed by atoms with E-state index in [1.165, 1.54) is 0 Å². The van der Waals surface area contributed by atoms with Gasteiger partial charge in [-0.2, -0.15) is 0 Å². The van der Waals surface area contributed by atoms with Crippen molar-refractivity contribution in [2.75, 3.05) is 13.7 Å². The molecule has 2 N–H and O–H groups in total. The third-order valence-corrected chi connectivity index (χ3v) is 4.89. The van der Waals surface area contributed by atoms with Crippen LogP contribution >= 0.6 is 0 Å². The molecule has 2 unspecified atom stereocenters. The minimum absolute atomic E-state index is 0.0342. The van der Waals surface area contributed by atoms with Crippen LogP contribution in [0.3, 0.4) is 0 Å². The lowest BCUT2D eigenvalue weighted by Gasteiger charge is -2.28. The van der Waals surface area contributed by atoms with Crippen LogP contribution in [-0.4, -0.2) is 34.2 Å². The predicted molar refractivity (Wildman–Crippen MR) is 92.4 cm³/mol. The van der Waals surface area contributed by atoms with Gasteiger partial charge in [0.2, 0.25) is 0 Å². The van der Waals surface area contributed by atoms with Crippen molar-refractivity contribution in [1.29, 1.82) is 0 Å². The summed E-state index contributed by atoms with van der Waals surface area (Å²) in [6.45, 7) is 9.59. The highest BCUT2D eigenvalue weighted by Gasteiger charge is 2.29. The van der Waals surface area contributed by atoms with Crippen LogP contribution in [0.2, 0.25) is 0 Å². The SMILES string of the molecule is C=C(CO)CC(Cc1ccc(OC)cc1)N[S+]([O-])C(C)(C)C. The molecule has 0 radical (unpaired) electrons. The van der Waals surface area contributed by atoms with E-state index in [0.29, 0.717) is 12.8 Å². The molecule has 0 aliphatic carbocycles. The van der Waals surface area contributed by atoms with Crippen molar-refractivity contribution < 1.29 is 14.4 Å². The molecule has 22 heavy (non-hydrogen) atoms. The maximum atomic E-state index is 12.3. The topological polar surface area (TPSA) is 64.5 Å². The largest absolute Gasteiger partial charge is 0.598 e. The average molecular weight is 325 g/mol. The van der Waals surface area contributed by atoms with Crippen LogP contribution in [0, 0.1) is 0 Å². The second-order valence-electron chi connectivity index (χ2n) is 6.36. The number of aliphatic hydroxyl groups is 1. The Balaban J connectivity index is 2.78. The van der Waals surface area contributed by atoms with E-state index in [9.17, 15) is 9.66 Å². The summed E-state index contributed by atoms with van der Waals surface area (Å²) in [5.74, 6) is 0.811. The van der Waals surface area contributed by atoms with E-state index in [1.807, 2.05) is 45.0 Å². The van der Waals surface area contributed by atoms with Gasteiger partial charge in [0.1, 0.15) is 10.5 Å². The van der Waals surface area contributed by atoms with Gasteiger partial charge in [-0.25, -0.2) is 0 Å². The molecule has 0 spiro atoms. The molecule has 0 heterocycles. The Bertz CT molecular complexity index is 468. The highest BCUT2D eigenvalue weighted by atomic mass is 32.2.